The van der Waals surface area contributed by atoms with E-state index in [1.807, 2.05) is 38.1 Å². The lowest BCUT2D eigenvalue weighted by molar-refractivity contribution is -0.122. The van der Waals surface area contributed by atoms with Crippen LogP contribution in [0.4, 0.5) is 5.69 Å². The summed E-state index contributed by atoms with van der Waals surface area (Å²) in [5.74, 6) is -0.0750. The fourth-order valence-electron chi connectivity index (χ4n) is 2.12. The van der Waals surface area contributed by atoms with Crippen LogP contribution in [0.2, 0.25) is 0 Å². The molecule has 0 saturated heterocycles. The lowest BCUT2D eigenvalue weighted by atomic mass is 10.2. The van der Waals surface area contributed by atoms with Crippen LogP contribution in [-0.4, -0.2) is 17.9 Å². The summed E-state index contributed by atoms with van der Waals surface area (Å²) in [6.45, 7) is 3.85. The molecule has 1 unspecified atom stereocenters. The molecule has 0 fully saturated rings. The quantitative estimate of drug-likeness (QED) is 0.860. The second-order valence-electron chi connectivity index (χ2n) is 5.26. The number of hydrogen-bond acceptors (Lipinski definition) is 3. The van der Waals surface area contributed by atoms with E-state index >= 15 is 0 Å². The zero-order valence-corrected chi connectivity index (χ0v) is 13.2. The molecule has 0 aromatic heterocycles. The molecule has 0 bridgehead atoms. The van der Waals surface area contributed by atoms with Crippen molar-refractivity contribution in [3.05, 3.63) is 59.7 Å². The van der Waals surface area contributed by atoms with Crippen molar-refractivity contribution in [2.45, 2.75) is 26.4 Å². The van der Waals surface area contributed by atoms with Gasteiger partial charge in [0.2, 0.25) is 5.91 Å². The van der Waals surface area contributed by atoms with Crippen LogP contribution in [0.5, 0.6) is 5.75 Å². The van der Waals surface area contributed by atoms with E-state index in [1.54, 1.807) is 24.3 Å². The number of primary amides is 1. The van der Waals surface area contributed by atoms with Crippen LogP contribution in [0.1, 0.15) is 29.3 Å². The predicted octanol–water partition coefficient (Wildman–Crippen LogP) is 2.89. The predicted molar refractivity (Wildman–Crippen MR) is 89.5 cm³/mol. The fourth-order valence-corrected chi connectivity index (χ4v) is 2.12. The Labute approximate surface area is 135 Å². The van der Waals surface area contributed by atoms with Gasteiger partial charge in [0.1, 0.15) is 5.75 Å². The minimum absolute atomic E-state index is 0.235. The molecular formula is C18H20N2O3. The zero-order chi connectivity index (χ0) is 16.8. The van der Waals surface area contributed by atoms with Crippen molar-refractivity contribution in [2.24, 2.45) is 5.73 Å². The number of nitrogens with one attached hydrogen (secondary N) is 1. The van der Waals surface area contributed by atoms with Gasteiger partial charge in [-0.25, -0.2) is 0 Å². The third-order valence-electron chi connectivity index (χ3n) is 3.37. The summed E-state index contributed by atoms with van der Waals surface area (Å²) in [6, 6.07) is 14.0. The number of rotatable bonds is 6. The van der Waals surface area contributed by atoms with Crippen molar-refractivity contribution in [1.82, 2.24) is 0 Å². The molecule has 3 N–H and O–H groups in total. The molecule has 0 radical (unpaired) electrons. The monoisotopic (exact) mass is 312 g/mol. The molecule has 5 heteroatoms. The van der Waals surface area contributed by atoms with Gasteiger partial charge in [0.25, 0.3) is 5.91 Å². The fraction of sp³-hybridized carbons (Fsp3) is 0.222. The summed E-state index contributed by atoms with van der Waals surface area (Å²) in [7, 11) is 0. The highest BCUT2D eigenvalue weighted by molar-refractivity contribution is 5.96. The number of ether oxygens (including phenoxy) is 1. The molecule has 2 aromatic rings. The Morgan fingerprint density at radius 2 is 1.87 bits per heavy atom. The van der Waals surface area contributed by atoms with Crippen LogP contribution in [0, 0.1) is 6.92 Å². The molecule has 0 saturated carbocycles. The minimum Gasteiger partial charge on any atom is -0.481 e. The number of hydrogen-bond donors (Lipinski definition) is 2. The topological polar surface area (TPSA) is 81.4 Å². The SMILES string of the molecule is CCC(Oc1cccc(C)c1)C(=O)Nc1ccc(C(N)=O)cc1. The van der Waals surface area contributed by atoms with Crippen molar-refractivity contribution in [2.75, 3.05) is 5.32 Å². The maximum absolute atomic E-state index is 12.3. The van der Waals surface area contributed by atoms with Gasteiger partial charge in [0, 0.05) is 11.3 Å². The van der Waals surface area contributed by atoms with Gasteiger partial charge in [-0.05, 0) is 55.3 Å². The second-order valence-corrected chi connectivity index (χ2v) is 5.26. The van der Waals surface area contributed by atoms with Gasteiger partial charge < -0.3 is 15.8 Å². The second kappa shape index (κ2) is 7.45. The normalized spacial score (nSPS) is 11.6. The van der Waals surface area contributed by atoms with Crippen molar-refractivity contribution >= 4 is 17.5 Å². The van der Waals surface area contributed by atoms with Crippen molar-refractivity contribution < 1.29 is 14.3 Å². The van der Waals surface area contributed by atoms with Crippen LogP contribution < -0.4 is 15.8 Å². The molecule has 5 nitrogen and oxygen atoms in total. The Morgan fingerprint density at radius 1 is 1.17 bits per heavy atom. The highest BCUT2D eigenvalue weighted by Gasteiger charge is 2.18. The minimum atomic E-state index is -0.590. The van der Waals surface area contributed by atoms with Crippen molar-refractivity contribution in [1.29, 1.82) is 0 Å². The van der Waals surface area contributed by atoms with Gasteiger partial charge in [0.15, 0.2) is 6.10 Å². The number of amides is 2. The zero-order valence-electron chi connectivity index (χ0n) is 13.2. The van der Waals surface area contributed by atoms with E-state index in [2.05, 4.69) is 5.32 Å². The average Bonchev–Trinajstić information content (AvgIpc) is 2.53. The van der Waals surface area contributed by atoms with E-state index in [4.69, 9.17) is 10.5 Å². The molecule has 0 spiro atoms. The van der Waals surface area contributed by atoms with E-state index in [0.29, 0.717) is 23.4 Å². The van der Waals surface area contributed by atoms with Gasteiger partial charge in [0.05, 0.1) is 0 Å². The van der Waals surface area contributed by atoms with Crippen LogP contribution in [0.25, 0.3) is 0 Å². The van der Waals surface area contributed by atoms with E-state index < -0.39 is 12.0 Å². The first-order chi connectivity index (χ1) is 11.0. The summed E-state index contributed by atoms with van der Waals surface area (Å²) >= 11 is 0. The first-order valence-corrected chi connectivity index (χ1v) is 7.43. The first kappa shape index (κ1) is 16.5. The highest BCUT2D eigenvalue weighted by Crippen LogP contribution is 2.17. The summed E-state index contributed by atoms with van der Waals surface area (Å²) in [5.41, 5.74) is 7.24. The lowest BCUT2D eigenvalue weighted by Crippen LogP contribution is -2.32. The Bertz CT molecular complexity index is 696. The summed E-state index contributed by atoms with van der Waals surface area (Å²) in [6.07, 6.45) is -0.0494. The van der Waals surface area contributed by atoms with Gasteiger partial charge in [-0.2, -0.15) is 0 Å². The number of carbonyl (C=O) groups excluding carboxylic acids is 2. The van der Waals surface area contributed by atoms with Gasteiger partial charge in [-0.15, -0.1) is 0 Å². The van der Waals surface area contributed by atoms with Crippen LogP contribution in [0.3, 0.4) is 0 Å². The molecule has 120 valence electrons. The van der Waals surface area contributed by atoms with Gasteiger partial charge >= 0.3 is 0 Å². The standard InChI is InChI=1S/C18H20N2O3/c1-3-16(23-15-6-4-5-12(2)11-15)18(22)20-14-9-7-13(8-10-14)17(19)21/h4-11,16H,3H2,1-2H3,(H2,19,21)(H,20,22). The molecule has 0 aliphatic rings. The van der Waals surface area contributed by atoms with Gasteiger partial charge in [-0.3, -0.25) is 9.59 Å². The summed E-state index contributed by atoms with van der Waals surface area (Å²) in [5, 5.41) is 2.78. The maximum atomic E-state index is 12.3. The van der Waals surface area contributed by atoms with E-state index in [-0.39, 0.29) is 5.91 Å². The maximum Gasteiger partial charge on any atom is 0.265 e. The Morgan fingerprint density at radius 3 is 2.43 bits per heavy atom. The Hall–Kier alpha value is -2.82. The number of nitrogens with two attached hydrogens (primary N) is 1. The molecule has 2 amide bonds. The van der Waals surface area contributed by atoms with Crippen LogP contribution >= 0.6 is 0 Å². The molecule has 23 heavy (non-hydrogen) atoms. The molecule has 0 aliphatic heterocycles. The lowest BCUT2D eigenvalue weighted by Gasteiger charge is -2.17. The molecule has 0 aliphatic carbocycles. The van der Waals surface area contributed by atoms with E-state index in [0.717, 1.165) is 5.56 Å². The first-order valence-electron chi connectivity index (χ1n) is 7.43. The number of aryl methyl sites for hydroxylation is 1. The number of anilines is 1. The highest BCUT2D eigenvalue weighted by atomic mass is 16.5. The Kier molecular flexibility index (Phi) is 5.36. The van der Waals surface area contributed by atoms with Crippen LogP contribution in [-0.2, 0) is 4.79 Å². The third-order valence-corrected chi connectivity index (χ3v) is 3.37. The molecule has 0 heterocycles. The van der Waals surface area contributed by atoms with Crippen LogP contribution in [0.15, 0.2) is 48.5 Å². The molecular weight excluding hydrogens is 292 g/mol. The smallest absolute Gasteiger partial charge is 0.265 e. The van der Waals surface area contributed by atoms with Crippen molar-refractivity contribution in [3.63, 3.8) is 0 Å². The summed E-state index contributed by atoms with van der Waals surface area (Å²) < 4.78 is 5.75. The average molecular weight is 312 g/mol. The summed E-state index contributed by atoms with van der Waals surface area (Å²) in [4.78, 5) is 23.4. The molecule has 2 rings (SSSR count). The van der Waals surface area contributed by atoms with E-state index in [1.165, 1.54) is 0 Å². The number of carbonyl (C=O) groups is 2. The Balaban J connectivity index is 2.03. The van der Waals surface area contributed by atoms with E-state index in [9.17, 15) is 9.59 Å². The van der Waals surface area contributed by atoms with Gasteiger partial charge in [-0.1, -0.05) is 19.1 Å². The van der Waals surface area contributed by atoms with Crippen molar-refractivity contribution in [3.8, 4) is 5.75 Å². The molecule has 1 atom stereocenters. The third kappa shape index (κ3) is 4.57. The molecule has 2 aromatic carbocycles. The largest absolute Gasteiger partial charge is 0.481 e. The number of benzene rings is 2.